The average molecular weight is 235 g/mol. The fourth-order valence-electron chi connectivity index (χ4n) is 2.27. The Labute approximate surface area is 102 Å². The van der Waals surface area contributed by atoms with Crippen molar-refractivity contribution >= 4 is 5.95 Å². The quantitative estimate of drug-likeness (QED) is 0.835. The first kappa shape index (κ1) is 12.2. The Morgan fingerprint density at radius 3 is 2.59 bits per heavy atom. The van der Waals surface area contributed by atoms with Crippen molar-refractivity contribution in [2.75, 3.05) is 24.5 Å². The number of nitrogens with two attached hydrogens (primary N) is 1. The van der Waals surface area contributed by atoms with Crippen molar-refractivity contribution in [1.29, 1.82) is 0 Å². The van der Waals surface area contributed by atoms with E-state index < -0.39 is 0 Å². The molecular formula is C12H21N5. The van der Waals surface area contributed by atoms with Gasteiger partial charge in [-0.05, 0) is 31.7 Å². The van der Waals surface area contributed by atoms with Crippen molar-refractivity contribution in [3.05, 3.63) is 11.4 Å². The van der Waals surface area contributed by atoms with Crippen molar-refractivity contribution < 1.29 is 0 Å². The molecule has 2 heterocycles. The van der Waals surface area contributed by atoms with Crippen LogP contribution in [0, 0.1) is 5.92 Å². The number of hydrogen-bond acceptors (Lipinski definition) is 5. The van der Waals surface area contributed by atoms with Crippen LogP contribution in [0.1, 0.15) is 31.7 Å². The molecule has 0 saturated carbocycles. The number of nitrogens with zero attached hydrogens (tertiary/aromatic N) is 4. The first-order valence-electron chi connectivity index (χ1n) is 6.45. The second kappa shape index (κ2) is 5.40. The van der Waals surface area contributed by atoms with Gasteiger partial charge in [-0.1, -0.05) is 13.8 Å². The van der Waals surface area contributed by atoms with Gasteiger partial charge in [0.25, 0.3) is 0 Å². The molecule has 0 amide bonds. The highest BCUT2D eigenvalue weighted by Crippen LogP contribution is 2.20. The fourth-order valence-corrected chi connectivity index (χ4v) is 2.27. The maximum Gasteiger partial charge on any atom is 0.245 e. The van der Waals surface area contributed by atoms with Gasteiger partial charge in [-0.25, -0.2) is 4.98 Å². The van der Waals surface area contributed by atoms with Crippen LogP contribution in [0.25, 0.3) is 0 Å². The van der Waals surface area contributed by atoms with Gasteiger partial charge in [0.2, 0.25) is 5.95 Å². The van der Waals surface area contributed by atoms with Crippen LogP contribution in [0.5, 0.6) is 0 Å². The van der Waals surface area contributed by atoms with Crippen LogP contribution in [0.2, 0.25) is 0 Å². The van der Waals surface area contributed by atoms with E-state index in [1.165, 1.54) is 0 Å². The van der Waals surface area contributed by atoms with Crippen LogP contribution in [0.4, 0.5) is 5.95 Å². The van der Waals surface area contributed by atoms with E-state index in [-0.39, 0.29) is 0 Å². The molecule has 1 aromatic rings. The lowest BCUT2D eigenvalue weighted by Gasteiger charge is -2.16. The molecule has 5 nitrogen and oxygen atoms in total. The molecular weight excluding hydrogens is 214 g/mol. The van der Waals surface area contributed by atoms with Crippen molar-refractivity contribution in [2.24, 2.45) is 11.7 Å². The molecule has 0 bridgehead atoms. The molecule has 0 spiro atoms. The summed E-state index contributed by atoms with van der Waals surface area (Å²) in [5.41, 5.74) is 7.79. The van der Waals surface area contributed by atoms with E-state index in [1.54, 1.807) is 0 Å². The minimum absolute atomic E-state index is 0.578. The van der Waals surface area contributed by atoms with Crippen LogP contribution in [0.3, 0.4) is 0 Å². The van der Waals surface area contributed by atoms with Crippen LogP contribution >= 0.6 is 0 Å². The smallest absolute Gasteiger partial charge is 0.245 e. The highest BCUT2D eigenvalue weighted by Gasteiger charge is 2.24. The number of rotatable bonds is 4. The minimum Gasteiger partial charge on any atom is -0.339 e. The van der Waals surface area contributed by atoms with Crippen LogP contribution in [-0.2, 0) is 12.8 Å². The van der Waals surface area contributed by atoms with E-state index in [4.69, 9.17) is 5.73 Å². The first-order valence-corrected chi connectivity index (χ1v) is 6.45. The second-order valence-electron chi connectivity index (χ2n) is 4.55. The van der Waals surface area contributed by atoms with E-state index in [0.29, 0.717) is 5.92 Å². The molecule has 1 aliphatic rings. The zero-order valence-electron chi connectivity index (χ0n) is 10.7. The van der Waals surface area contributed by atoms with Gasteiger partial charge in [-0.3, -0.25) is 0 Å². The largest absolute Gasteiger partial charge is 0.339 e. The van der Waals surface area contributed by atoms with Gasteiger partial charge in [-0.2, -0.15) is 5.10 Å². The molecule has 1 unspecified atom stereocenters. The van der Waals surface area contributed by atoms with Crippen molar-refractivity contribution in [3.8, 4) is 0 Å². The second-order valence-corrected chi connectivity index (χ2v) is 4.55. The Bertz CT molecular complexity index is 379. The lowest BCUT2D eigenvalue weighted by molar-refractivity contribution is 0.601. The zero-order valence-corrected chi connectivity index (χ0v) is 10.7. The summed E-state index contributed by atoms with van der Waals surface area (Å²) in [4.78, 5) is 6.82. The van der Waals surface area contributed by atoms with E-state index in [1.807, 2.05) is 0 Å². The Morgan fingerprint density at radius 2 is 2.00 bits per heavy atom. The van der Waals surface area contributed by atoms with Gasteiger partial charge in [0, 0.05) is 13.1 Å². The topological polar surface area (TPSA) is 67.9 Å². The fraction of sp³-hybridized carbons (Fsp3) is 0.750. The molecule has 5 heteroatoms. The predicted octanol–water partition coefficient (Wildman–Crippen LogP) is 0.781. The first-order chi connectivity index (χ1) is 8.28. The summed E-state index contributed by atoms with van der Waals surface area (Å²) < 4.78 is 0. The zero-order chi connectivity index (χ0) is 12.3. The Balaban J connectivity index is 2.16. The molecule has 1 fully saturated rings. The molecule has 2 N–H and O–H groups in total. The summed E-state index contributed by atoms with van der Waals surface area (Å²) in [5, 5.41) is 8.51. The predicted molar refractivity (Wildman–Crippen MR) is 68.0 cm³/mol. The van der Waals surface area contributed by atoms with Gasteiger partial charge in [-0.15, -0.1) is 5.10 Å². The van der Waals surface area contributed by atoms with E-state index in [0.717, 1.165) is 56.2 Å². The third kappa shape index (κ3) is 2.54. The van der Waals surface area contributed by atoms with Gasteiger partial charge in [0.05, 0.1) is 11.4 Å². The Morgan fingerprint density at radius 1 is 1.24 bits per heavy atom. The highest BCUT2D eigenvalue weighted by atomic mass is 15.3. The van der Waals surface area contributed by atoms with Crippen molar-refractivity contribution in [1.82, 2.24) is 15.2 Å². The third-order valence-corrected chi connectivity index (χ3v) is 3.40. The summed E-state index contributed by atoms with van der Waals surface area (Å²) in [6.45, 7) is 6.91. The van der Waals surface area contributed by atoms with Gasteiger partial charge in [0.15, 0.2) is 0 Å². The maximum atomic E-state index is 5.69. The normalized spacial score (nSPS) is 19.9. The molecule has 1 aromatic heterocycles. The van der Waals surface area contributed by atoms with Crippen LogP contribution < -0.4 is 10.6 Å². The van der Waals surface area contributed by atoms with Crippen LogP contribution in [0.15, 0.2) is 0 Å². The lowest BCUT2D eigenvalue weighted by Crippen LogP contribution is -2.25. The monoisotopic (exact) mass is 235 g/mol. The number of anilines is 1. The number of hydrogen-bond donors (Lipinski definition) is 1. The van der Waals surface area contributed by atoms with E-state index in [9.17, 15) is 0 Å². The van der Waals surface area contributed by atoms with Crippen molar-refractivity contribution in [3.63, 3.8) is 0 Å². The van der Waals surface area contributed by atoms with E-state index in [2.05, 4.69) is 33.9 Å². The Hall–Kier alpha value is -1.23. The molecule has 0 aliphatic carbocycles. The number of aromatic nitrogens is 3. The lowest BCUT2D eigenvalue weighted by atomic mass is 10.1. The SMILES string of the molecule is CCc1nnc(N2CCC(CN)C2)nc1CC. The van der Waals surface area contributed by atoms with Gasteiger partial charge >= 0.3 is 0 Å². The Kier molecular flexibility index (Phi) is 3.89. The molecule has 2 rings (SSSR count). The van der Waals surface area contributed by atoms with Gasteiger partial charge in [0.1, 0.15) is 0 Å². The number of aryl methyl sites for hydroxylation is 2. The summed E-state index contributed by atoms with van der Waals surface area (Å²) >= 11 is 0. The molecule has 17 heavy (non-hydrogen) atoms. The maximum absolute atomic E-state index is 5.69. The van der Waals surface area contributed by atoms with Crippen LogP contribution in [-0.4, -0.2) is 34.8 Å². The third-order valence-electron chi connectivity index (χ3n) is 3.40. The molecule has 94 valence electrons. The summed E-state index contributed by atoms with van der Waals surface area (Å²) in [6, 6.07) is 0. The standard InChI is InChI=1S/C12H21N5/c1-3-10-11(4-2)15-16-12(14-10)17-6-5-9(7-13)8-17/h9H,3-8,13H2,1-2H3. The average Bonchev–Trinajstić information content (AvgIpc) is 2.86. The molecule has 1 atom stereocenters. The summed E-state index contributed by atoms with van der Waals surface area (Å²) in [6.07, 6.45) is 2.95. The highest BCUT2D eigenvalue weighted by molar-refractivity contribution is 5.32. The molecule has 1 saturated heterocycles. The molecule has 1 aliphatic heterocycles. The molecule has 0 aromatic carbocycles. The summed E-state index contributed by atoms with van der Waals surface area (Å²) in [7, 11) is 0. The van der Waals surface area contributed by atoms with Gasteiger partial charge < -0.3 is 10.6 Å². The van der Waals surface area contributed by atoms with E-state index >= 15 is 0 Å². The summed E-state index contributed by atoms with van der Waals surface area (Å²) in [5.74, 6) is 1.35. The minimum atomic E-state index is 0.578. The molecule has 0 radical (unpaired) electrons. The van der Waals surface area contributed by atoms with Crippen molar-refractivity contribution in [2.45, 2.75) is 33.1 Å².